The first-order chi connectivity index (χ1) is 8.93. The van der Waals surface area contributed by atoms with Crippen molar-refractivity contribution in [2.45, 2.75) is 13.8 Å². The summed E-state index contributed by atoms with van der Waals surface area (Å²) in [4.78, 5) is 12.1. The van der Waals surface area contributed by atoms with Crippen LogP contribution >= 0.6 is 0 Å². The largest absolute Gasteiger partial charge is 0.383 e. The van der Waals surface area contributed by atoms with E-state index in [9.17, 15) is 14.5 Å². The topological polar surface area (TPSA) is 55.6 Å². The number of nitrogens with zero attached hydrogens (tertiary/aromatic N) is 2. The average Bonchev–Trinajstić information content (AvgIpc) is 2.33. The lowest BCUT2D eigenvalue weighted by Crippen LogP contribution is -2.31. The van der Waals surface area contributed by atoms with Crippen molar-refractivity contribution in [1.82, 2.24) is 0 Å². The van der Waals surface area contributed by atoms with Crippen molar-refractivity contribution in [3.63, 3.8) is 0 Å². The molecule has 0 radical (unpaired) electrons. The van der Waals surface area contributed by atoms with E-state index >= 15 is 0 Å². The van der Waals surface area contributed by atoms with E-state index < -0.39 is 10.7 Å². The molecule has 0 bridgehead atoms. The summed E-state index contributed by atoms with van der Waals surface area (Å²) in [6, 6.07) is 3.62. The second-order valence-electron chi connectivity index (χ2n) is 4.76. The molecule has 1 rings (SSSR count). The molecule has 0 aromatic heterocycles. The highest BCUT2D eigenvalue weighted by Crippen LogP contribution is 2.24. The van der Waals surface area contributed by atoms with Gasteiger partial charge < -0.3 is 9.64 Å². The lowest BCUT2D eigenvalue weighted by Gasteiger charge is -2.26. The number of hydrogen-bond donors (Lipinski definition) is 0. The normalized spacial score (nSPS) is 10.8. The van der Waals surface area contributed by atoms with E-state index in [0.29, 0.717) is 31.3 Å². The average molecular weight is 270 g/mol. The molecular formula is C13H19FN2O3. The minimum absolute atomic E-state index is 0.235. The van der Waals surface area contributed by atoms with Crippen molar-refractivity contribution in [2.24, 2.45) is 5.92 Å². The summed E-state index contributed by atoms with van der Waals surface area (Å²) in [5.41, 5.74) is 0.277. The van der Waals surface area contributed by atoms with Gasteiger partial charge in [-0.2, -0.15) is 0 Å². The molecular weight excluding hydrogens is 251 g/mol. The van der Waals surface area contributed by atoms with Crippen molar-refractivity contribution < 1.29 is 14.1 Å². The van der Waals surface area contributed by atoms with E-state index in [1.54, 1.807) is 7.11 Å². The fraction of sp³-hybridized carbons (Fsp3) is 0.538. The summed E-state index contributed by atoms with van der Waals surface area (Å²) in [6.07, 6.45) is 0. The highest BCUT2D eigenvalue weighted by atomic mass is 19.1. The Morgan fingerprint density at radius 2 is 2.11 bits per heavy atom. The third-order valence-electron chi connectivity index (χ3n) is 2.59. The van der Waals surface area contributed by atoms with Gasteiger partial charge in [0.2, 0.25) is 0 Å². The zero-order valence-corrected chi connectivity index (χ0v) is 11.4. The maximum atomic E-state index is 13.4. The molecule has 0 saturated heterocycles. The molecule has 19 heavy (non-hydrogen) atoms. The third-order valence-corrected chi connectivity index (χ3v) is 2.59. The van der Waals surface area contributed by atoms with Crippen LogP contribution in [0, 0.1) is 21.8 Å². The van der Waals surface area contributed by atoms with Gasteiger partial charge in [-0.25, -0.2) is 4.39 Å². The molecule has 0 saturated carbocycles. The zero-order valence-electron chi connectivity index (χ0n) is 11.4. The quantitative estimate of drug-likeness (QED) is 0.564. The molecule has 0 unspecified atom stereocenters. The Morgan fingerprint density at radius 1 is 1.42 bits per heavy atom. The van der Waals surface area contributed by atoms with E-state index in [0.717, 1.165) is 6.07 Å². The van der Waals surface area contributed by atoms with Crippen molar-refractivity contribution in [3.8, 4) is 0 Å². The summed E-state index contributed by atoms with van der Waals surface area (Å²) < 4.78 is 18.5. The minimum Gasteiger partial charge on any atom is -0.383 e. The maximum Gasteiger partial charge on any atom is 0.274 e. The molecule has 0 spiro atoms. The van der Waals surface area contributed by atoms with Crippen molar-refractivity contribution in [3.05, 3.63) is 34.1 Å². The monoisotopic (exact) mass is 270 g/mol. The highest BCUT2D eigenvalue weighted by Gasteiger charge is 2.15. The van der Waals surface area contributed by atoms with E-state index in [-0.39, 0.29) is 5.69 Å². The third kappa shape index (κ3) is 4.82. The number of halogens is 1. The van der Waals surface area contributed by atoms with Crippen LogP contribution in [-0.2, 0) is 4.74 Å². The first kappa shape index (κ1) is 15.4. The number of nitro groups is 1. The zero-order chi connectivity index (χ0) is 14.4. The maximum absolute atomic E-state index is 13.4. The fourth-order valence-electron chi connectivity index (χ4n) is 1.82. The summed E-state index contributed by atoms with van der Waals surface area (Å²) in [6.45, 7) is 5.80. The van der Waals surface area contributed by atoms with E-state index in [1.165, 1.54) is 12.1 Å². The molecule has 1 aromatic carbocycles. The Kier molecular flexibility index (Phi) is 5.69. The molecule has 0 aliphatic heterocycles. The van der Waals surface area contributed by atoms with Gasteiger partial charge in [-0.05, 0) is 12.0 Å². The molecule has 0 N–H and O–H groups in total. The predicted molar refractivity (Wildman–Crippen MR) is 72.0 cm³/mol. The van der Waals surface area contributed by atoms with E-state index in [1.807, 2.05) is 18.7 Å². The summed E-state index contributed by atoms with van der Waals surface area (Å²) in [7, 11) is 1.58. The number of ether oxygens (including phenoxy) is 1. The molecule has 0 aliphatic rings. The lowest BCUT2D eigenvalue weighted by atomic mass is 10.1. The minimum atomic E-state index is -0.602. The molecule has 0 amide bonds. The van der Waals surface area contributed by atoms with E-state index in [2.05, 4.69) is 0 Å². The van der Waals surface area contributed by atoms with Crippen molar-refractivity contribution in [2.75, 3.05) is 31.7 Å². The van der Waals surface area contributed by atoms with Gasteiger partial charge in [0.15, 0.2) is 0 Å². The molecule has 1 aromatic rings. The predicted octanol–water partition coefficient (Wildman–Crippen LogP) is 2.84. The van der Waals surface area contributed by atoms with Crippen molar-refractivity contribution >= 4 is 11.4 Å². The molecule has 5 nitrogen and oxygen atoms in total. The van der Waals surface area contributed by atoms with Crippen LogP contribution in [0.2, 0.25) is 0 Å². The molecule has 0 fully saturated rings. The smallest absolute Gasteiger partial charge is 0.274 e. The van der Waals surface area contributed by atoms with Crippen molar-refractivity contribution in [1.29, 1.82) is 0 Å². The number of rotatable bonds is 7. The van der Waals surface area contributed by atoms with E-state index in [4.69, 9.17) is 4.74 Å². The Labute approximate surface area is 112 Å². The van der Waals surface area contributed by atoms with Gasteiger partial charge in [-0.3, -0.25) is 10.1 Å². The molecule has 0 heterocycles. The first-order valence-electron chi connectivity index (χ1n) is 6.13. The van der Waals surface area contributed by atoms with Crippen LogP contribution in [0.25, 0.3) is 0 Å². The molecule has 106 valence electrons. The van der Waals surface area contributed by atoms with Gasteiger partial charge in [-0.15, -0.1) is 0 Å². The van der Waals surface area contributed by atoms with Gasteiger partial charge in [-0.1, -0.05) is 13.8 Å². The SMILES string of the molecule is COCCN(CC(C)C)c1cc(F)cc([N+](=O)[O-])c1. The van der Waals surface area contributed by atoms with Crippen LogP contribution in [0.15, 0.2) is 18.2 Å². The van der Waals surface area contributed by atoms with Gasteiger partial charge in [0, 0.05) is 32.0 Å². The highest BCUT2D eigenvalue weighted by molar-refractivity contribution is 5.53. The number of methoxy groups -OCH3 is 1. The standard InChI is InChI=1S/C13H19FN2O3/c1-10(2)9-15(4-5-19-3)12-6-11(14)7-13(8-12)16(17)18/h6-8,10H,4-5,9H2,1-3H3. The van der Waals surface area contributed by atoms with Crippen LogP contribution in [0.1, 0.15) is 13.8 Å². The fourth-order valence-corrected chi connectivity index (χ4v) is 1.82. The van der Waals surface area contributed by atoms with Gasteiger partial charge in [0.1, 0.15) is 5.82 Å². The first-order valence-corrected chi connectivity index (χ1v) is 6.13. The lowest BCUT2D eigenvalue weighted by molar-refractivity contribution is -0.385. The van der Waals surface area contributed by atoms with Crippen LogP contribution in [0.3, 0.4) is 0 Å². The number of nitro benzene ring substituents is 1. The summed E-state index contributed by atoms with van der Waals surface area (Å²) >= 11 is 0. The number of hydrogen-bond acceptors (Lipinski definition) is 4. The Morgan fingerprint density at radius 3 is 2.63 bits per heavy atom. The van der Waals surface area contributed by atoms with Gasteiger partial charge >= 0.3 is 0 Å². The van der Waals surface area contributed by atoms with Gasteiger partial charge in [0.05, 0.1) is 17.6 Å². The number of non-ortho nitro benzene ring substituents is 1. The Hall–Kier alpha value is -1.69. The molecule has 0 aliphatic carbocycles. The van der Waals surface area contributed by atoms with Crippen LogP contribution < -0.4 is 4.90 Å². The molecule has 0 atom stereocenters. The summed E-state index contributed by atoms with van der Waals surface area (Å²) in [5.74, 6) is -0.241. The van der Waals surface area contributed by atoms with Gasteiger partial charge in [0.25, 0.3) is 5.69 Å². The second kappa shape index (κ2) is 7.04. The molecule has 6 heteroatoms. The Bertz CT molecular complexity index is 438. The van der Waals surface area contributed by atoms with Crippen LogP contribution in [0.4, 0.5) is 15.8 Å². The summed E-state index contributed by atoms with van der Waals surface area (Å²) in [5, 5.41) is 10.8. The van der Waals surface area contributed by atoms with Crippen LogP contribution in [-0.4, -0.2) is 31.7 Å². The number of benzene rings is 1. The number of anilines is 1. The Balaban J connectivity index is 3.02. The second-order valence-corrected chi connectivity index (χ2v) is 4.76. The van der Waals surface area contributed by atoms with Crippen LogP contribution in [0.5, 0.6) is 0 Å².